The van der Waals surface area contributed by atoms with E-state index in [-0.39, 0.29) is 12.5 Å². The Hall–Kier alpha value is -2.87. The van der Waals surface area contributed by atoms with Gasteiger partial charge >= 0.3 is 6.09 Å². The van der Waals surface area contributed by atoms with Gasteiger partial charge in [-0.15, -0.1) is 11.3 Å². The zero-order valence-electron chi connectivity index (χ0n) is 16.7. The summed E-state index contributed by atoms with van der Waals surface area (Å²) in [6, 6.07) is 6.87. The largest absolute Gasteiger partial charge is 0.496 e. The number of benzene rings is 1. The van der Waals surface area contributed by atoms with Crippen LogP contribution in [-0.4, -0.2) is 31.6 Å². The number of methoxy groups -OCH3 is 1. The molecule has 8 heteroatoms. The number of hydrogen-bond donors (Lipinski definition) is 2. The minimum Gasteiger partial charge on any atom is -0.496 e. The summed E-state index contributed by atoms with van der Waals surface area (Å²) in [5.41, 5.74) is 1.60. The third kappa shape index (κ3) is 4.59. The number of alkyl carbamates (subject to hydrolysis) is 1. The second-order valence-electron chi connectivity index (χ2n) is 6.88. The van der Waals surface area contributed by atoms with Crippen molar-refractivity contribution in [2.24, 2.45) is 5.92 Å². The van der Waals surface area contributed by atoms with E-state index in [0.29, 0.717) is 27.8 Å². The molecule has 0 radical (unpaired) electrons. The zero-order valence-corrected chi connectivity index (χ0v) is 17.5. The molecule has 29 heavy (non-hydrogen) atoms. The van der Waals surface area contributed by atoms with Gasteiger partial charge in [-0.3, -0.25) is 14.9 Å². The lowest BCUT2D eigenvalue weighted by Gasteiger charge is -2.18. The van der Waals surface area contributed by atoms with Gasteiger partial charge in [0.25, 0.3) is 11.8 Å². The lowest BCUT2D eigenvalue weighted by molar-refractivity contribution is 0.0925. The number of imide groups is 1. The van der Waals surface area contributed by atoms with Crippen LogP contribution in [0.5, 0.6) is 5.75 Å². The number of carbonyl (C=O) groups is 3. The Labute approximate surface area is 173 Å². The molecule has 154 valence electrons. The molecule has 1 aliphatic carbocycles. The van der Waals surface area contributed by atoms with Crippen molar-refractivity contribution in [3.63, 3.8) is 0 Å². The molecule has 0 fully saturated rings. The Morgan fingerprint density at radius 1 is 1.21 bits per heavy atom. The summed E-state index contributed by atoms with van der Waals surface area (Å²) >= 11 is 1.39. The summed E-state index contributed by atoms with van der Waals surface area (Å²) in [6.45, 7) is 3.99. The number of fused-ring (bicyclic) bond motifs is 1. The monoisotopic (exact) mass is 416 g/mol. The number of rotatable bonds is 5. The van der Waals surface area contributed by atoms with Crippen molar-refractivity contribution in [3.8, 4) is 5.75 Å². The quantitative estimate of drug-likeness (QED) is 0.768. The molecular formula is C21H24N2O5S. The molecule has 0 aliphatic heterocycles. The van der Waals surface area contributed by atoms with Gasteiger partial charge in [0.1, 0.15) is 10.8 Å². The predicted molar refractivity (Wildman–Crippen MR) is 111 cm³/mol. The summed E-state index contributed by atoms with van der Waals surface area (Å²) in [7, 11) is 1.50. The van der Waals surface area contributed by atoms with Gasteiger partial charge in [-0.1, -0.05) is 19.1 Å². The first-order valence-electron chi connectivity index (χ1n) is 9.51. The van der Waals surface area contributed by atoms with Crippen molar-refractivity contribution < 1.29 is 23.9 Å². The number of amides is 3. The highest BCUT2D eigenvalue weighted by atomic mass is 32.1. The first-order chi connectivity index (χ1) is 13.9. The molecule has 1 aromatic carbocycles. The van der Waals surface area contributed by atoms with Crippen LogP contribution in [0.3, 0.4) is 0 Å². The first-order valence-corrected chi connectivity index (χ1v) is 10.3. The molecule has 0 bridgehead atoms. The Bertz CT molecular complexity index is 937. The van der Waals surface area contributed by atoms with Crippen LogP contribution in [0.25, 0.3) is 0 Å². The Balaban J connectivity index is 1.94. The molecule has 1 heterocycles. The number of anilines is 1. The van der Waals surface area contributed by atoms with Gasteiger partial charge in [0.05, 0.1) is 24.8 Å². The highest BCUT2D eigenvalue weighted by Gasteiger charge is 2.29. The van der Waals surface area contributed by atoms with E-state index >= 15 is 0 Å². The second kappa shape index (κ2) is 9.09. The third-order valence-electron chi connectivity index (χ3n) is 4.81. The van der Waals surface area contributed by atoms with E-state index < -0.39 is 12.0 Å². The van der Waals surface area contributed by atoms with Gasteiger partial charge in [0, 0.05) is 4.88 Å². The first kappa shape index (κ1) is 20.9. The van der Waals surface area contributed by atoms with Gasteiger partial charge in [0.15, 0.2) is 0 Å². The number of thiophene rings is 1. The second-order valence-corrected chi connectivity index (χ2v) is 7.99. The molecule has 0 unspecified atom stereocenters. The topological polar surface area (TPSA) is 93.7 Å². The highest BCUT2D eigenvalue weighted by molar-refractivity contribution is 7.17. The van der Waals surface area contributed by atoms with Crippen molar-refractivity contribution in [1.82, 2.24) is 5.32 Å². The van der Waals surface area contributed by atoms with Crippen LogP contribution in [0.2, 0.25) is 0 Å². The molecule has 3 rings (SSSR count). The molecule has 0 saturated heterocycles. The molecule has 1 atom stereocenters. The fraction of sp³-hybridized carbons (Fsp3) is 0.381. The van der Waals surface area contributed by atoms with E-state index in [9.17, 15) is 14.4 Å². The number of para-hydroxylation sites is 1. The van der Waals surface area contributed by atoms with Crippen LogP contribution in [0.4, 0.5) is 9.80 Å². The summed E-state index contributed by atoms with van der Waals surface area (Å²) < 4.78 is 10.1. The molecule has 1 aromatic heterocycles. The maximum Gasteiger partial charge on any atom is 0.414 e. The average molecular weight is 416 g/mol. The van der Waals surface area contributed by atoms with Crippen molar-refractivity contribution in [3.05, 3.63) is 45.8 Å². The summed E-state index contributed by atoms with van der Waals surface area (Å²) in [6.07, 6.45) is 1.71. The number of ether oxygens (including phenoxy) is 2. The lowest BCUT2D eigenvalue weighted by Crippen LogP contribution is -2.32. The van der Waals surface area contributed by atoms with Crippen molar-refractivity contribution >= 4 is 34.2 Å². The maximum atomic E-state index is 12.9. The normalized spacial score (nSPS) is 15.2. The molecule has 2 N–H and O–H groups in total. The van der Waals surface area contributed by atoms with E-state index in [1.165, 1.54) is 18.4 Å². The van der Waals surface area contributed by atoms with Crippen LogP contribution in [0.1, 0.15) is 51.4 Å². The maximum absolute atomic E-state index is 12.9. The van der Waals surface area contributed by atoms with E-state index in [1.807, 2.05) is 0 Å². The van der Waals surface area contributed by atoms with E-state index in [2.05, 4.69) is 17.6 Å². The number of carbonyl (C=O) groups excluding carboxylic acids is 3. The smallest absolute Gasteiger partial charge is 0.414 e. The summed E-state index contributed by atoms with van der Waals surface area (Å²) in [5, 5.41) is 5.53. The average Bonchev–Trinajstić information content (AvgIpc) is 3.04. The van der Waals surface area contributed by atoms with E-state index in [4.69, 9.17) is 9.47 Å². The minimum absolute atomic E-state index is 0.162. The Morgan fingerprint density at radius 3 is 2.69 bits per heavy atom. The van der Waals surface area contributed by atoms with Gasteiger partial charge < -0.3 is 14.8 Å². The van der Waals surface area contributed by atoms with Crippen molar-refractivity contribution in [2.75, 3.05) is 19.0 Å². The molecule has 0 spiro atoms. The van der Waals surface area contributed by atoms with Gasteiger partial charge in [-0.25, -0.2) is 4.79 Å². The summed E-state index contributed by atoms with van der Waals surface area (Å²) in [4.78, 5) is 38.5. The fourth-order valence-electron chi connectivity index (χ4n) is 3.40. The molecule has 3 amide bonds. The van der Waals surface area contributed by atoms with Gasteiger partial charge in [0.2, 0.25) is 0 Å². The Kier molecular flexibility index (Phi) is 6.53. The van der Waals surface area contributed by atoms with Crippen LogP contribution in [0, 0.1) is 5.92 Å². The minimum atomic E-state index is -0.802. The molecule has 1 aliphatic rings. The third-order valence-corrected chi connectivity index (χ3v) is 5.98. The van der Waals surface area contributed by atoms with Crippen molar-refractivity contribution in [2.45, 2.75) is 33.1 Å². The highest BCUT2D eigenvalue weighted by Crippen LogP contribution is 2.40. The predicted octanol–water partition coefficient (Wildman–Crippen LogP) is 4.02. The van der Waals surface area contributed by atoms with E-state index in [1.54, 1.807) is 31.2 Å². The van der Waals surface area contributed by atoms with Crippen LogP contribution in [-0.2, 0) is 17.6 Å². The lowest BCUT2D eigenvalue weighted by atomic mass is 9.88. The van der Waals surface area contributed by atoms with Gasteiger partial charge in [-0.05, 0) is 49.8 Å². The molecule has 0 saturated carbocycles. The number of nitrogens with one attached hydrogen (secondary N) is 2. The fourth-order valence-corrected chi connectivity index (χ4v) is 4.81. The van der Waals surface area contributed by atoms with Crippen LogP contribution in [0.15, 0.2) is 24.3 Å². The zero-order chi connectivity index (χ0) is 21.0. The van der Waals surface area contributed by atoms with Gasteiger partial charge in [-0.2, -0.15) is 0 Å². The van der Waals surface area contributed by atoms with Crippen LogP contribution >= 0.6 is 11.3 Å². The number of hydrogen-bond acceptors (Lipinski definition) is 6. The van der Waals surface area contributed by atoms with Crippen LogP contribution < -0.4 is 15.4 Å². The SMILES string of the molecule is CCOC(=O)NC(=O)c1c(NC(=O)c2ccccc2OC)sc2c1CC[C@@H](C)C2. The molecule has 7 nitrogen and oxygen atoms in total. The van der Waals surface area contributed by atoms with Crippen molar-refractivity contribution in [1.29, 1.82) is 0 Å². The molecule has 2 aromatic rings. The van der Waals surface area contributed by atoms with E-state index in [0.717, 1.165) is 29.7 Å². The standard InChI is InChI=1S/C21H24N2O5S/c1-4-28-21(26)23-19(25)17-14-10-9-12(2)11-16(14)29-20(17)22-18(24)13-7-5-6-8-15(13)27-3/h5-8,12H,4,9-11H2,1-3H3,(H,22,24)(H,23,25,26)/t12-/m1/s1. The molecular weight excluding hydrogens is 392 g/mol. The Morgan fingerprint density at radius 2 is 1.97 bits per heavy atom. The summed E-state index contributed by atoms with van der Waals surface area (Å²) in [5.74, 6) is 0.00228.